The second-order valence-electron chi connectivity index (χ2n) is 4.80. The Morgan fingerprint density at radius 1 is 1.32 bits per heavy atom. The lowest BCUT2D eigenvalue weighted by Gasteiger charge is -2.13. The molecule has 0 amide bonds. The minimum atomic E-state index is 0.359. The Balaban J connectivity index is 2.64. The van der Waals surface area contributed by atoms with Crippen LogP contribution < -0.4 is 5.32 Å². The Kier molecular flexibility index (Phi) is 4.07. The molecule has 0 fully saturated rings. The molecular weight excluding hydrogens is 353 g/mol. The number of nitrogens with one attached hydrogen (secondary N) is 1. The number of anilines is 1. The number of halogens is 1. The molecule has 0 aliphatic heterocycles. The molecule has 2 heterocycles. The van der Waals surface area contributed by atoms with E-state index in [0.29, 0.717) is 5.92 Å². The van der Waals surface area contributed by atoms with E-state index in [9.17, 15) is 0 Å². The zero-order chi connectivity index (χ0) is 14.2. The molecule has 0 spiro atoms. The van der Waals surface area contributed by atoms with Crippen LogP contribution in [0, 0.1) is 10.5 Å². The van der Waals surface area contributed by atoms with Gasteiger partial charge in [-0.15, -0.1) is 0 Å². The molecule has 0 radical (unpaired) electrons. The van der Waals surface area contributed by atoms with Crippen LogP contribution in [0.5, 0.6) is 0 Å². The summed E-state index contributed by atoms with van der Waals surface area (Å²) in [6.45, 7) is 6.26. The maximum Gasteiger partial charge on any atom is 0.165 e. The normalized spacial score (nSPS) is 11.1. The van der Waals surface area contributed by atoms with Crippen LogP contribution in [0.2, 0.25) is 0 Å². The number of aryl methyl sites for hydroxylation is 2. The minimum absolute atomic E-state index is 0.359. The highest BCUT2D eigenvalue weighted by atomic mass is 127. The van der Waals surface area contributed by atoms with Crippen molar-refractivity contribution in [2.24, 2.45) is 7.05 Å². The van der Waals surface area contributed by atoms with E-state index in [2.05, 4.69) is 51.8 Å². The van der Waals surface area contributed by atoms with Gasteiger partial charge in [0.15, 0.2) is 5.82 Å². The van der Waals surface area contributed by atoms with E-state index in [0.717, 1.165) is 32.2 Å². The van der Waals surface area contributed by atoms with Gasteiger partial charge in [0.2, 0.25) is 0 Å². The van der Waals surface area contributed by atoms with Crippen LogP contribution in [-0.4, -0.2) is 26.8 Å². The highest BCUT2D eigenvalue weighted by Crippen LogP contribution is 2.28. The molecule has 6 heteroatoms. The third kappa shape index (κ3) is 2.72. The number of aromatic nitrogens is 4. The lowest BCUT2D eigenvalue weighted by atomic mass is 10.1. The van der Waals surface area contributed by atoms with E-state index in [4.69, 9.17) is 4.98 Å². The molecule has 0 atom stereocenters. The highest BCUT2D eigenvalue weighted by molar-refractivity contribution is 14.1. The highest BCUT2D eigenvalue weighted by Gasteiger charge is 2.17. The molecule has 0 aromatic carbocycles. The molecule has 0 unspecified atom stereocenters. The van der Waals surface area contributed by atoms with Crippen molar-refractivity contribution in [2.45, 2.75) is 26.7 Å². The smallest absolute Gasteiger partial charge is 0.165 e. The first kappa shape index (κ1) is 14.2. The van der Waals surface area contributed by atoms with Crippen molar-refractivity contribution in [1.29, 1.82) is 0 Å². The van der Waals surface area contributed by atoms with E-state index in [1.807, 2.05) is 27.2 Å². The minimum Gasteiger partial charge on any atom is -0.372 e. The summed E-state index contributed by atoms with van der Waals surface area (Å²) >= 11 is 2.30. The quantitative estimate of drug-likeness (QED) is 0.843. The molecule has 2 aromatic rings. The largest absolute Gasteiger partial charge is 0.372 e. The summed E-state index contributed by atoms with van der Waals surface area (Å²) in [6.07, 6.45) is 1.96. The van der Waals surface area contributed by atoms with E-state index in [1.165, 1.54) is 0 Å². The van der Waals surface area contributed by atoms with Gasteiger partial charge >= 0.3 is 0 Å². The van der Waals surface area contributed by atoms with Crippen LogP contribution in [0.1, 0.15) is 31.2 Å². The zero-order valence-corrected chi connectivity index (χ0v) is 14.0. The molecule has 0 bridgehead atoms. The fourth-order valence-corrected chi connectivity index (χ4v) is 3.09. The van der Waals surface area contributed by atoms with Crippen molar-refractivity contribution < 1.29 is 0 Å². The first-order valence-electron chi connectivity index (χ1n) is 6.19. The van der Waals surface area contributed by atoms with E-state index >= 15 is 0 Å². The van der Waals surface area contributed by atoms with Gasteiger partial charge in [0.05, 0.1) is 20.5 Å². The van der Waals surface area contributed by atoms with Crippen molar-refractivity contribution in [3.05, 3.63) is 21.2 Å². The molecule has 1 N–H and O–H groups in total. The Labute approximate surface area is 127 Å². The van der Waals surface area contributed by atoms with E-state index < -0.39 is 0 Å². The van der Waals surface area contributed by atoms with Crippen molar-refractivity contribution in [2.75, 3.05) is 12.4 Å². The van der Waals surface area contributed by atoms with E-state index in [1.54, 1.807) is 4.68 Å². The third-order valence-electron chi connectivity index (χ3n) is 2.91. The lowest BCUT2D eigenvalue weighted by molar-refractivity contribution is 0.756. The van der Waals surface area contributed by atoms with Gasteiger partial charge in [-0.25, -0.2) is 9.97 Å². The zero-order valence-electron chi connectivity index (χ0n) is 11.8. The molecule has 0 saturated carbocycles. The topological polar surface area (TPSA) is 55.6 Å². The molecule has 2 aromatic heterocycles. The molecule has 0 aliphatic carbocycles. The molecule has 102 valence electrons. The van der Waals surface area contributed by atoms with Crippen LogP contribution in [0.3, 0.4) is 0 Å². The monoisotopic (exact) mass is 371 g/mol. The molecule has 19 heavy (non-hydrogen) atoms. The molecule has 0 aliphatic rings. The summed E-state index contributed by atoms with van der Waals surface area (Å²) in [5.74, 6) is 1.97. The van der Waals surface area contributed by atoms with Crippen molar-refractivity contribution in [1.82, 2.24) is 19.7 Å². The van der Waals surface area contributed by atoms with Crippen LogP contribution >= 0.6 is 22.6 Å². The van der Waals surface area contributed by atoms with Gasteiger partial charge in [-0.05, 0) is 35.4 Å². The maximum atomic E-state index is 4.71. The fourth-order valence-electron chi connectivity index (χ4n) is 1.95. The first-order valence-corrected chi connectivity index (χ1v) is 7.27. The number of hydrogen-bond acceptors (Lipinski definition) is 4. The SMILES string of the molecule is CNc1nc(-c2cn(C)nc2C)nc(C(C)C)c1I. The average Bonchev–Trinajstić information content (AvgIpc) is 2.68. The van der Waals surface area contributed by atoms with Crippen LogP contribution in [0.15, 0.2) is 6.20 Å². The summed E-state index contributed by atoms with van der Waals surface area (Å²) in [6, 6.07) is 0. The van der Waals surface area contributed by atoms with Gasteiger partial charge in [0, 0.05) is 20.3 Å². The predicted octanol–water partition coefficient (Wildman–Crippen LogP) is 2.96. The maximum absolute atomic E-state index is 4.71. The Bertz CT molecular complexity index is 603. The van der Waals surface area contributed by atoms with Crippen molar-refractivity contribution in [3.8, 4) is 11.4 Å². The van der Waals surface area contributed by atoms with Crippen molar-refractivity contribution >= 4 is 28.4 Å². The number of nitrogens with zero attached hydrogens (tertiary/aromatic N) is 4. The second kappa shape index (κ2) is 5.44. The van der Waals surface area contributed by atoms with Gasteiger partial charge in [-0.2, -0.15) is 5.10 Å². The Hall–Kier alpha value is -1.18. The van der Waals surface area contributed by atoms with E-state index in [-0.39, 0.29) is 0 Å². The second-order valence-corrected chi connectivity index (χ2v) is 5.88. The van der Waals surface area contributed by atoms with Gasteiger partial charge in [0.1, 0.15) is 5.82 Å². The van der Waals surface area contributed by atoms with Gasteiger partial charge in [-0.1, -0.05) is 13.8 Å². The summed E-state index contributed by atoms with van der Waals surface area (Å²) < 4.78 is 2.88. The van der Waals surface area contributed by atoms with Crippen LogP contribution in [0.4, 0.5) is 5.82 Å². The van der Waals surface area contributed by atoms with Gasteiger partial charge < -0.3 is 5.32 Å². The van der Waals surface area contributed by atoms with Gasteiger partial charge in [-0.3, -0.25) is 4.68 Å². The molecule has 5 nitrogen and oxygen atoms in total. The molecule has 0 saturated heterocycles. The van der Waals surface area contributed by atoms with Gasteiger partial charge in [0.25, 0.3) is 0 Å². The Morgan fingerprint density at radius 3 is 2.47 bits per heavy atom. The Morgan fingerprint density at radius 2 is 2.00 bits per heavy atom. The summed E-state index contributed by atoms with van der Waals surface area (Å²) in [4.78, 5) is 9.31. The third-order valence-corrected chi connectivity index (χ3v) is 3.98. The van der Waals surface area contributed by atoms with Crippen LogP contribution in [0.25, 0.3) is 11.4 Å². The van der Waals surface area contributed by atoms with Crippen LogP contribution in [-0.2, 0) is 7.05 Å². The summed E-state index contributed by atoms with van der Waals surface area (Å²) in [7, 11) is 3.79. The predicted molar refractivity (Wildman–Crippen MR) is 85.3 cm³/mol. The molecular formula is C13H18IN5. The summed E-state index contributed by atoms with van der Waals surface area (Å²) in [5.41, 5.74) is 3.00. The molecule has 2 rings (SSSR count). The van der Waals surface area contributed by atoms with Crippen molar-refractivity contribution in [3.63, 3.8) is 0 Å². The lowest BCUT2D eigenvalue weighted by Crippen LogP contribution is -2.06. The summed E-state index contributed by atoms with van der Waals surface area (Å²) in [5, 5.41) is 7.50. The number of rotatable bonds is 3. The average molecular weight is 371 g/mol. The first-order chi connectivity index (χ1) is 8.93. The standard InChI is InChI=1S/C13H18IN5/c1-7(2)11-10(14)13(15-4)17-12(16-11)9-6-19(5)18-8(9)3/h6-7H,1-5H3,(H,15,16,17). The fraction of sp³-hybridized carbons (Fsp3) is 0.462. The number of hydrogen-bond donors (Lipinski definition) is 1.